The molecule has 2 heterocycles. The first-order valence-electron chi connectivity index (χ1n) is 6.29. The maximum Gasteiger partial charge on any atom is 0.0314 e. The van der Waals surface area contributed by atoms with Gasteiger partial charge in [0, 0.05) is 27.3 Å². The highest BCUT2D eigenvalue weighted by molar-refractivity contribution is 9.10. The molecule has 1 aliphatic rings. The number of likely N-dealkylation sites (tertiary alicyclic amines) is 1. The van der Waals surface area contributed by atoms with Crippen LogP contribution < -0.4 is 5.32 Å². The Labute approximate surface area is 117 Å². The summed E-state index contributed by atoms with van der Waals surface area (Å²) in [5.74, 6) is 0.832. The zero-order chi connectivity index (χ0) is 12.3. The molecular weight excluding hydrogens is 296 g/mol. The fourth-order valence-corrected chi connectivity index (χ4v) is 4.02. The average Bonchev–Trinajstić information content (AvgIpc) is 2.58. The lowest BCUT2D eigenvalue weighted by molar-refractivity contribution is 0.206. The molecule has 0 bridgehead atoms. The summed E-state index contributed by atoms with van der Waals surface area (Å²) in [6.07, 6.45) is 2.73. The lowest BCUT2D eigenvalue weighted by Gasteiger charge is -2.29. The summed E-state index contributed by atoms with van der Waals surface area (Å²) >= 11 is 5.45. The molecule has 1 aromatic rings. The summed E-state index contributed by atoms with van der Waals surface area (Å²) in [4.78, 5) is 5.25. The Bertz CT molecular complexity index is 345. The van der Waals surface area contributed by atoms with E-state index in [0.29, 0.717) is 0 Å². The molecule has 4 heteroatoms. The number of aryl methyl sites for hydroxylation is 1. The summed E-state index contributed by atoms with van der Waals surface area (Å²) in [6.45, 7) is 6.85. The maximum atomic E-state index is 3.60. The first-order chi connectivity index (χ1) is 8.15. The van der Waals surface area contributed by atoms with Crippen LogP contribution in [0.2, 0.25) is 0 Å². The average molecular weight is 317 g/mol. The number of piperidine rings is 1. The second kappa shape index (κ2) is 6.32. The van der Waals surface area contributed by atoms with Crippen molar-refractivity contribution in [2.75, 3.05) is 26.7 Å². The van der Waals surface area contributed by atoms with Crippen LogP contribution in [0.3, 0.4) is 0 Å². The number of nitrogens with zero attached hydrogens (tertiary/aromatic N) is 1. The van der Waals surface area contributed by atoms with Crippen molar-refractivity contribution in [3.05, 3.63) is 20.3 Å². The zero-order valence-corrected chi connectivity index (χ0v) is 13.0. The number of nitrogens with one attached hydrogen (secondary N) is 1. The maximum absolute atomic E-state index is 3.60. The fourth-order valence-electron chi connectivity index (χ4n) is 2.44. The Morgan fingerprint density at radius 3 is 3.06 bits per heavy atom. The predicted octanol–water partition coefficient (Wildman–Crippen LogP) is 3.25. The van der Waals surface area contributed by atoms with Crippen molar-refractivity contribution in [3.8, 4) is 0 Å². The third kappa shape index (κ3) is 4.05. The van der Waals surface area contributed by atoms with E-state index in [-0.39, 0.29) is 0 Å². The molecule has 96 valence electrons. The molecule has 17 heavy (non-hydrogen) atoms. The van der Waals surface area contributed by atoms with Gasteiger partial charge in [0.15, 0.2) is 0 Å². The van der Waals surface area contributed by atoms with Crippen LogP contribution in [-0.2, 0) is 6.54 Å². The molecule has 1 N–H and O–H groups in total. The molecule has 0 radical (unpaired) electrons. The Morgan fingerprint density at radius 1 is 1.59 bits per heavy atom. The van der Waals surface area contributed by atoms with Crippen LogP contribution in [0.5, 0.6) is 0 Å². The van der Waals surface area contributed by atoms with E-state index in [1.807, 2.05) is 11.3 Å². The quantitative estimate of drug-likeness (QED) is 0.917. The van der Waals surface area contributed by atoms with Crippen molar-refractivity contribution in [2.24, 2.45) is 5.92 Å². The molecule has 1 unspecified atom stereocenters. The highest BCUT2D eigenvalue weighted by Gasteiger charge is 2.16. The highest BCUT2D eigenvalue weighted by atomic mass is 79.9. The van der Waals surface area contributed by atoms with Gasteiger partial charge in [0.2, 0.25) is 0 Å². The van der Waals surface area contributed by atoms with Crippen LogP contribution in [0.4, 0.5) is 0 Å². The molecule has 1 atom stereocenters. The van der Waals surface area contributed by atoms with Crippen LogP contribution in [0.1, 0.15) is 22.6 Å². The Kier molecular flexibility index (Phi) is 5.03. The van der Waals surface area contributed by atoms with Crippen molar-refractivity contribution < 1.29 is 0 Å². The van der Waals surface area contributed by atoms with Gasteiger partial charge in [0.1, 0.15) is 0 Å². The second-order valence-electron chi connectivity index (χ2n) is 5.02. The Morgan fingerprint density at radius 2 is 2.41 bits per heavy atom. The first-order valence-corrected chi connectivity index (χ1v) is 7.90. The lowest BCUT2D eigenvalue weighted by atomic mass is 9.98. The van der Waals surface area contributed by atoms with E-state index >= 15 is 0 Å². The minimum absolute atomic E-state index is 0.832. The molecule has 2 rings (SSSR count). The topological polar surface area (TPSA) is 15.3 Å². The SMILES string of the molecule is Cc1sc(CNCC2CCCN(C)C2)cc1Br. The van der Waals surface area contributed by atoms with Crippen LogP contribution in [0.25, 0.3) is 0 Å². The Balaban J connectivity index is 1.72. The van der Waals surface area contributed by atoms with Gasteiger partial charge in [-0.05, 0) is 67.8 Å². The monoisotopic (exact) mass is 316 g/mol. The summed E-state index contributed by atoms with van der Waals surface area (Å²) < 4.78 is 1.25. The number of hydrogen-bond donors (Lipinski definition) is 1. The van der Waals surface area contributed by atoms with Gasteiger partial charge in [-0.15, -0.1) is 11.3 Å². The van der Waals surface area contributed by atoms with Crippen molar-refractivity contribution in [3.63, 3.8) is 0 Å². The molecule has 0 saturated carbocycles. The molecule has 2 nitrogen and oxygen atoms in total. The van der Waals surface area contributed by atoms with Gasteiger partial charge in [-0.3, -0.25) is 0 Å². The van der Waals surface area contributed by atoms with Crippen LogP contribution in [-0.4, -0.2) is 31.6 Å². The predicted molar refractivity (Wildman–Crippen MR) is 78.7 cm³/mol. The van der Waals surface area contributed by atoms with Gasteiger partial charge >= 0.3 is 0 Å². The summed E-state index contributed by atoms with van der Waals surface area (Å²) in [5, 5.41) is 3.60. The smallest absolute Gasteiger partial charge is 0.0314 e. The highest BCUT2D eigenvalue weighted by Crippen LogP contribution is 2.26. The number of hydrogen-bond acceptors (Lipinski definition) is 3. The molecule has 1 fully saturated rings. The number of thiophene rings is 1. The summed E-state index contributed by atoms with van der Waals surface area (Å²) in [6, 6.07) is 2.24. The van der Waals surface area contributed by atoms with Crippen LogP contribution in [0.15, 0.2) is 10.5 Å². The molecule has 1 aliphatic heterocycles. The van der Waals surface area contributed by atoms with Gasteiger partial charge in [-0.25, -0.2) is 0 Å². The first kappa shape index (κ1) is 13.5. The van der Waals surface area contributed by atoms with E-state index in [1.54, 1.807) is 0 Å². The molecule has 0 aromatic carbocycles. The lowest BCUT2D eigenvalue weighted by Crippen LogP contribution is -2.37. The summed E-state index contributed by atoms with van der Waals surface area (Å²) in [5.41, 5.74) is 0. The van der Waals surface area contributed by atoms with Crippen molar-refractivity contribution in [1.29, 1.82) is 0 Å². The number of rotatable bonds is 4. The second-order valence-corrected chi connectivity index (χ2v) is 7.21. The van der Waals surface area contributed by atoms with Crippen LogP contribution in [0, 0.1) is 12.8 Å². The zero-order valence-electron chi connectivity index (χ0n) is 10.6. The van der Waals surface area contributed by atoms with Crippen molar-refractivity contribution >= 4 is 27.3 Å². The standard InChI is InChI=1S/C13H21BrN2S/c1-10-13(14)6-12(17-10)8-15-7-11-4-3-5-16(2)9-11/h6,11,15H,3-5,7-9H2,1-2H3. The van der Waals surface area contributed by atoms with Gasteiger partial charge < -0.3 is 10.2 Å². The Hall–Kier alpha value is 0.100. The van der Waals surface area contributed by atoms with E-state index in [4.69, 9.17) is 0 Å². The fraction of sp³-hybridized carbons (Fsp3) is 0.692. The number of halogens is 1. The van der Waals surface area contributed by atoms with Gasteiger partial charge in [0.25, 0.3) is 0 Å². The molecule has 0 aliphatic carbocycles. The van der Waals surface area contributed by atoms with Gasteiger partial charge in [-0.1, -0.05) is 0 Å². The normalized spacial score (nSPS) is 21.9. The third-order valence-corrected chi connectivity index (χ3v) is 5.50. The van der Waals surface area contributed by atoms with E-state index in [9.17, 15) is 0 Å². The van der Waals surface area contributed by atoms with E-state index in [0.717, 1.165) is 19.0 Å². The largest absolute Gasteiger partial charge is 0.312 e. The molecule has 1 aromatic heterocycles. The molecule has 0 spiro atoms. The third-order valence-electron chi connectivity index (χ3n) is 3.36. The van der Waals surface area contributed by atoms with Gasteiger partial charge in [-0.2, -0.15) is 0 Å². The van der Waals surface area contributed by atoms with Crippen molar-refractivity contribution in [1.82, 2.24) is 10.2 Å². The van der Waals surface area contributed by atoms with Crippen LogP contribution >= 0.6 is 27.3 Å². The molecule has 0 amide bonds. The minimum Gasteiger partial charge on any atom is -0.312 e. The molecular formula is C13H21BrN2S. The van der Waals surface area contributed by atoms with Crippen molar-refractivity contribution in [2.45, 2.75) is 26.3 Å². The summed E-state index contributed by atoms with van der Waals surface area (Å²) in [7, 11) is 2.23. The minimum atomic E-state index is 0.832. The van der Waals surface area contributed by atoms with E-state index in [1.165, 1.54) is 40.2 Å². The molecule has 1 saturated heterocycles. The van der Waals surface area contributed by atoms with E-state index < -0.39 is 0 Å². The van der Waals surface area contributed by atoms with Gasteiger partial charge in [0.05, 0.1) is 0 Å². The van der Waals surface area contributed by atoms with E-state index in [2.05, 4.69) is 46.2 Å².